The van der Waals surface area contributed by atoms with E-state index < -0.39 is 16.0 Å². The van der Waals surface area contributed by atoms with Crippen molar-refractivity contribution < 1.29 is 23.1 Å². The molecule has 0 bridgehead atoms. The van der Waals surface area contributed by atoms with Gasteiger partial charge in [-0.3, -0.25) is 0 Å². The summed E-state index contributed by atoms with van der Waals surface area (Å²) in [4.78, 5) is 11.0. The molecule has 3 rings (SSSR count). The molecule has 0 aromatic heterocycles. The van der Waals surface area contributed by atoms with Crippen molar-refractivity contribution in [2.45, 2.75) is 43.1 Å². The Morgan fingerprint density at radius 3 is 2.50 bits per heavy atom. The van der Waals surface area contributed by atoms with E-state index in [1.54, 1.807) is 0 Å². The average molecular weight is 378 g/mol. The third kappa shape index (κ3) is 4.52. The first kappa shape index (κ1) is 19.1. The highest BCUT2D eigenvalue weighted by atomic mass is 32.2. The highest BCUT2D eigenvalue weighted by Gasteiger charge is 2.31. The van der Waals surface area contributed by atoms with E-state index in [0.29, 0.717) is 25.6 Å². The molecule has 2 atom stereocenters. The van der Waals surface area contributed by atoms with E-state index >= 15 is 0 Å². The second-order valence-electron chi connectivity index (χ2n) is 6.92. The molecule has 142 valence electrons. The number of nitrogens with zero attached hydrogens (tertiary/aromatic N) is 1. The number of ether oxygens (including phenoxy) is 1. The normalized spacial score (nSPS) is 23.4. The molecule has 1 aliphatic carbocycles. The number of carbonyl (C=O) groups is 1. The molecular formula is C19H24NO5S-. The Morgan fingerprint density at radius 2 is 1.92 bits per heavy atom. The van der Waals surface area contributed by atoms with Gasteiger partial charge >= 0.3 is 0 Å². The SMILES string of the molecule is O=C([O-])c1ccc(S(=O)(=O)N(C[C@@H]2CC=CCC2)C[C@@H]2CCCO2)cc1. The van der Waals surface area contributed by atoms with Gasteiger partial charge in [-0.1, -0.05) is 24.3 Å². The molecular weight excluding hydrogens is 354 g/mol. The van der Waals surface area contributed by atoms with Crippen LogP contribution < -0.4 is 5.11 Å². The zero-order valence-electron chi connectivity index (χ0n) is 14.7. The Kier molecular flexibility index (Phi) is 6.11. The van der Waals surface area contributed by atoms with E-state index in [1.807, 2.05) is 0 Å². The summed E-state index contributed by atoms with van der Waals surface area (Å²) < 4.78 is 33.5. The van der Waals surface area contributed by atoms with Crippen LogP contribution in [0.1, 0.15) is 42.5 Å². The van der Waals surface area contributed by atoms with Gasteiger partial charge in [-0.05, 0) is 55.7 Å². The van der Waals surface area contributed by atoms with Crippen LogP contribution >= 0.6 is 0 Å². The number of carboxylic acids is 1. The van der Waals surface area contributed by atoms with Gasteiger partial charge in [0, 0.05) is 19.7 Å². The lowest BCUT2D eigenvalue weighted by molar-refractivity contribution is -0.255. The predicted octanol–water partition coefficient (Wildman–Crippen LogP) is 1.58. The van der Waals surface area contributed by atoms with Gasteiger partial charge in [-0.15, -0.1) is 0 Å². The molecule has 1 aromatic rings. The number of rotatable bonds is 7. The number of aromatic carboxylic acids is 1. The molecule has 1 heterocycles. The fourth-order valence-electron chi connectivity index (χ4n) is 3.51. The van der Waals surface area contributed by atoms with Gasteiger partial charge in [-0.25, -0.2) is 8.42 Å². The molecule has 1 fully saturated rings. The van der Waals surface area contributed by atoms with Gasteiger partial charge in [-0.2, -0.15) is 4.31 Å². The minimum absolute atomic E-state index is 0.0351. The van der Waals surface area contributed by atoms with Gasteiger partial charge in [0.2, 0.25) is 10.0 Å². The maximum absolute atomic E-state index is 13.2. The Morgan fingerprint density at radius 1 is 1.15 bits per heavy atom. The summed E-state index contributed by atoms with van der Waals surface area (Å²) in [6.45, 7) is 1.46. The van der Waals surface area contributed by atoms with Crippen molar-refractivity contribution >= 4 is 16.0 Å². The van der Waals surface area contributed by atoms with E-state index in [9.17, 15) is 18.3 Å². The molecule has 0 saturated carbocycles. The van der Waals surface area contributed by atoms with E-state index in [2.05, 4.69) is 12.2 Å². The minimum Gasteiger partial charge on any atom is -0.545 e. The summed E-state index contributed by atoms with van der Waals surface area (Å²) in [6.07, 6.45) is 8.79. The van der Waals surface area contributed by atoms with Crippen LogP contribution in [0, 0.1) is 5.92 Å². The first-order chi connectivity index (χ1) is 12.5. The van der Waals surface area contributed by atoms with E-state index in [4.69, 9.17) is 4.74 Å². The second-order valence-corrected chi connectivity index (χ2v) is 8.86. The number of allylic oxidation sites excluding steroid dienone is 2. The monoisotopic (exact) mass is 378 g/mol. The molecule has 0 N–H and O–H groups in total. The first-order valence-corrected chi connectivity index (χ1v) is 10.5. The van der Waals surface area contributed by atoms with Gasteiger partial charge in [0.15, 0.2) is 0 Å². The molecule has 0 spiro atoms. The number of hydrogen-bond donors (Lipinski definition) is 0. The van der Waals surface area contributed by atoms with Crippen LogP contribution in [0.15, 0.2) is 41.3 Å². The molecule has 6 nitrogen and oxygen atoms in total. The summed E-state index contributed by atoms with van der Waals surface area (Å²) >= 11 is 0. The highest BCUT2D eigenvalue weighted by molar-refractivity contribution is 7.89. The molecule has 7 heteroatoms. The average Bonchev–Trinajstić information content (AvgIpc) is 3.15. The number of benzene rings is 1. The summed E-state index contributed by atoms with van der Waals surface area (Å²) in [5.74, 6) is -1.03. The predicted molar refractivity (Wildman–Crippen MR) is 95.0 cm³/mol. The van der Waals surface area contributed by atoms with Crippen LogP contribution in [0.4, 0.5) is 0 Å². The summed E-state index contributed by atoms with van der Waals surface area (Å²) in [5, 5.41) is 10.9. The third-order valence-electron chi connectivity index (χ3n) is 5.00. The lowest BCUT2D eigenvalue weighted by Gasteiger charge is -2.29. The molecule has 1 saturated heterocycles. The zero-order chi connectivity index (χ0) is 18.6. The van der Waals surface area contributed by atoms with Crippen LogP contribution in [0.2, 0.25) is 0 Å². The Bertz CT molecular complexity index is 751. The molecule has 0 amide bonds. The molecule has 0 unspecified atom stereocenters. The topological polar surface area (TPSA) is 86.7 Å². The zero-order valence-corrected chi connectivity index (χ0v) is 15.5. The van der Waals surface area contributed by atoms with E-state index in [-0.39, 0.29) is 16.6 Å². The number of carbonyl (C=O) groups excluding carboxylic acids is 1. The number of carboxylic acid groups (broad SMARTS) is 1. The van der Waals surface area contributed by atoms with Gasteiger partial charge in [0.25, 0.3) is 0 Å². The van der Waals surface area contributed by atoms with Crippen LogP contribution in [-0.2, 0) is 14.8 Å². The van der Waals surface area contributed by atoms with Crippen molar-refractivity contribution in [1.82, 2.24) is 4.31 Å². The van der Waals surface area contributed by atoms with E-state index in [0.717, 1.165) is 32.1 Å². The minimum atomic E-state index is -3.71. The Hall–Kier alpha value is -1.70. The van der Waals surface area contributed by atoms with Gasteiger partial charge in [0.05, 0.1) is 17.0 Å². The van der Waals surface area contributed by atoms with Crippen LogP contribution in [-0.4, -0.2) is 44.5 Å². The Balaban J connectivity index is 1.82. The Labute approximate surface area is 154 Å². The molecule has 0 radical (unpaired) electrons. The van der Waals surface area contributed by atoms with Crippen LogP contribution in [0.25, 0.3) is 0 Å². The third-order valence-corrected chi connectivity index (χ3v) is 6.84. The van der Waals surface area contributed by atoms with Gasteiger partial charge < -0.3 is 14.6 Å². The quantitative estimate of drug-likeness (QED) is 0.672. The lowest BCUT2D eigenvalue weighted by Crippen LogP contribution is -2.40. The van der Waals surface area contributed by atoms with Crippen LogP contribution in [0.3, 0.4) is 0 Å². The molecule has 1 aliphatic heterocycles. The highest BCUT2D eigenvalue weighted by Crippen LogP contribution is 2.25. The van der Waals surface area contributed by atoms with Crippen molar-refractivity contribution in [3.8, 4) is 0 Å². The standard InChI is InChI=1S/C19H25NO5S/c21-19(22)16-8-10-18(11-9-16)26(23,24)20(14-17-7-4-12-25-17)13-15-5-2-1-3-6-15/h1-2,8-11,15,17H,3-7,12-14H2,(H,21,22)/p-1/t15-,17+/m1/s1. The largest absolute Gasteiger partial charge is 0.545 e. The van der Waals surface area contributed by atoms with Gasteiger partial charge in [0.1, 0.15) is 0 Å². The van der Waals surface area contributed by atoms with E-state index in [1.165, 1.54) is 28.6 Å². The lowest BCUT2D eigenvalue weighted by atomic mass is 9.94. The van der Waals surface area contributed by atoms with Crippen molar-refractivity contribution in [3.05, 3.63) is 42.0 Å². The molecule has 2 aliphatic rings. The summed E-state index contributed by atoms with van der Waals surface area (Å²) in [7, 11) is -3.71. The van der Waals surface area contributed by atoms with Crippen LogP contribution in [0.5, 0.6) is 0 Å². The van der Waals surface area contributed by atoms with Crippen molar-refractivity contribution in [2.75, 3.05) is 19.7 Å². The fraction of sp³-hybridized carbons (Fsp3) is 0.526. The fourth-order valence-corrected chi connectivity index (χ4v) is 5.06. The maximum atomic E-state index is 13.2. The number of hydrogen-bond acceptors (Lipinski definition) is 5. The van der Waals surface area contributed by atoms with Crippen molar-refractivity contribution in [1.29, 1.82) is 0 Å². The van der Waals surface area contributed by atoms with Crippen molar-refractivity contribution in [2.24, 2.45) is 5.92 Å². The molecule has 1 aromatic carbocycles. The maximum Gasteiger partial charge on any atom is 0.243 e. The van der Waals surface area contributed by atoms with Crippen molar-refractivity contribution in [3.63, 3.8) is 0 Å². The smallest absolute Gasteiger partial charge is 0.243 e. The summed E-state index contributed by atoms with van der Waals surface area (Å²) in [6, 6.07) is 5.22. The summed E-state index contributed by atoms with van der Waals surface area (Å²) in [5.41, 5.74) is -0.0351. The second kappa shape index (κ2) is 8.33. The first-order valence-electron chi connectivity index (χ1n) is 9.05. The molecule has 26 heavy (non-hydrogen) atoms. The number of sulfonamides is 1.